The van der Waals surface area contributed by atoms with Gasteiger partial charge in [0.25, 0.3) is 5.91 Å². The highest BCUT2D eigenvalue weighted by Crippen LogP contribution is 2.32. The Bertz CT molecular complexity index is 860. The number of nitrogens with one attached hydrogen (secondary N) is 1. The van der Waals surface area contributed by atoms with E-state index in [0.717, 1.165) is 25.7 Å². The summed E-state index contributed by atoms with van der Waals surface area (Å²) >= 11 is 1.47. The molecule has 2 N–H and O–H groups in total. The summed E-state index contributed by atoms with van der Waals surface area (Å²) in [6.45, 7) is 1.55. The largest absolute Gasteiger partial charge is 0.506 e. The first-order valence-electron chi connectivity index (χ1n) is 7.89. The van der Waals surface area contributed by atoms with Crippen LogP contribution in [0, 0.1) is 0 Å². The number of anilines is 1. The van der Waals surface area contributed by atoms with Gasteiger partial charge in [-0.05, 0) is 55.5 Å². The van der Waals surface area contributed by atoms with Crippen molar-refractivity contribution in [2.75, 3.05) is 11.1 Å². The number of rotatable bonds is 4. The molecule has 0 saturated carbocycles. The maximum Gasteiger partial charge on any atom is 0.265 e. The van der Waals surface area contributed by atoms with Crippen molar-refractivity contribution in [3.05, 3.63) is 39.6 Å². The van der Waals surface area contributed by atoms with Gasteiger partial charge < -0.3 is 10.4 Å². The summed E-state index contributed by atoms with van der Waals surface area (Å²) < 4.78 is 23.9. The van der Waals surface area contributed by atoms with Crippen LogP contribution < -0.4 is 5.32 Å². The third-order valence-corrected chi connectivity index (χ3v) is 7.14. The smallest absolute Gasteiger partial charge is 0.265 e. The fourth-order valence-corrected chi connectivity index (χ4v) is 4.82. The Labute approximate surface area is 145 Å². The molecule has 0 saturated heterocycles. The molecule has 1 aromatic carbocycles. The van der Waals surface area contributed by atoms with E-state index in [0.29, 0.717) is 4.88 Å². The Kier molecular flexibility index (Phi) is 4.64. The van der Waals surface area contributed by atoms with Gasteiger partial charge in [0.05, 0.1) is 21.2 Å². The number of phenols is 1. The van der Waals surface area contributed by atoms with E-state index < -0.39 is 9.84 Å². The number of carbonyl (C=O) groups is 1. The van der Waals surface area contributed by atoms with Gasteiger partial charge in [0.15, 0.2) is 9.84 Å². The van der Waals surface area contributed by atoms with Gasteiger partial charge in [-0.2, -0.15) is 0 Å². The number of aryl methyl sites for hydroxylation is 2. The molecule has 1 amide bonds. The number of amides is 1. The number of hydrogen-bond acceptors (Lipinski definition) is 5. The number of carbonyl (C=O) groups excluding carboxylic acids is 1. The highest BCUT2D eigenvalue weighted by atomic mass is 32.2. The maximum atomic E-state index is 12.5. The Balaban J connectivity index is 1.86. The fraction of sp³-hybridized carbons (Fsp3) is 0.353. The SMILES string of the molecule is CCS(=O)(=O)c1ccc(O)c(NC(=O)c2cc3c(s2)CCCC3)c1. The van der Waals surface area contributed by atoms with Gasteiger partial charge in [-0.15, -0.1) is 11.3 Å². The maximum absolute atomic E-state index is 12.5. The summed E-state index contributed by atoms with van der Waals surface area (Å²) in [5, 5.41) is 12.6. The molecule has 1 heterocycles. The minimum Gasteiger partial charge on any atom is -0.506 e. The van der Waals surface area contributed by atoms with Crippen LogP contribution in [0.1, 0.15) is 39.9 Å². The third kappa shape index (κ3) is 3.32. The quantitative estimate of drug-likeness (QED) is 0.814. The molecule has 0 radical (unpaired) electrons. The molecule has 5 nitrogen and oxygen atoms in total. The number of benzene rings is 1. The Morgan fingerprint density at radius 2 is 2.00 bits per heavy atom. The molecule has 128 valence electrons. The van der Waals surface area contributed by atoms with Gasteiger partial charge in [0, 0.05) is 4.88 Å². The van der Waals surface area contributed by atoms with Crippen LogP contribution in [0.4, 0.5) is 5.69 Å². The molecule has 0 bridgehead atoms. The van der Waals surface area contributed by atoms with Crippen molar-refractivity contribution in [2.24, 2.45) is 0 Å². The minimum absolute atomic E-state index is 0.0389. The van der Waals surface area contributed by atoms with Crippen molar-refractivity contribution in [1.29, 1.82) is 0 Å². The molecule has 1 aliphatic carbocycles. The van der Waals surface area contributed by atoms with Gasteiger partial charge in [0.1, 0.15) is 5.75 Å². The summed E-state index contributed by atoms with van der Waals surface area (Å²) in [4.78, 5) is 14.4. The predicted octanol–water partition coefficient (Wildman–Crippen LogP) is 3.38. The van der Waals surface area contributed by atoms with Crippen LogP contribution in [-0.2, 0) is 22.7 Å². The van der Waals surface area contributed by atoms with E-state index in [-0.39, 0.29) is 28.0 Å². The van der Waals surface area contributed by atoms with Crippen molar-refractivity contribution < 1.29 is 18.3 Å². The summed E-state index contributed by atoms with van der Waals surface area (Å²) in [5.74, 6) is -0.515. The standard InChI is InChI=1S/C17H19NO4S2/c1-2-24(21,22)12-7-8-14(19)13(10-12)18-17(20)16-9-11-5-3-4-6-15(11)23-16/h7-10,19H,2-6H2,1H3,(H,18,20). The Morgan fingerprint density at radius 1 is 1.25 bits per heavy atom. The molecule has 0 fully saturated rings. The number of aromatic hydroxyl groups is 1. The second kappa shape index (κ2) is 6.57. The number of sulfone groups is 1. The van der Waals surface area contributed by atoms with Crippen molar-refractivity contribution in [1.82, 2.24) is 0 Å². The second-order valence-electron chi connectivity index (χ2n) is 5.80. The van der Waals surface area contributed by atoms with Gasteiger partial charge in [-0.25, -0.2) is 8.42 Å². The molecule has 0 spiro atoms. The molecular weight excluding hydrogens is 346 g/mol. The zero-order valence-electron chi connectivity index (χ0n) is 13.3. The van der Waals surface area contributed by atoms with Gasteiger partial charge >= 0.3 is 0 Å². The normalized spacial score (nSPS) is 14.2. The first kappa shape index (κ1) is 17.0. The molecule has 0 aliphatic heterocycles. The molecule has 0 atom stereocenters. The lowest BCUT2D eigenvalue weighted by atomic mass is 9.99. The lowest BCUT2D eigenvalue weighted by molar-refractivity contribution is 0.103. The highest BCUT2D eigenvalue weighted by Gasteiger charge is 2.19. The van der Waals surface area contributed by atoms with Crippen LogP contribution >= 0.6 is 11.3 Å². The summed E-state index contributed by atoms with van der Waals surface area (Å²) in [6.07, 6.45) is 4.28. The van der Waals surface area contributed by atoms with E-state index in [4.69, 9.17) is 0 Å². The van der Waals surface area contributed by atoms with Crippen molar-refractivity contribution >= 4 is 32.8 Å². The van der Waals surface area contributed by atoms with Gasteiger partial charge in [0.2, 0.25) is 0 Å². The van der Waals surface area contributed by atoms with Crippen LogP contribution in [0.25, 0.3) is 0 Å². The van der Waals surface area contributed by atoms with Gasteiger partial charge in [-0.3, -0.25) is 4.79 Å². The topological polar surface area (TPSA) is 83.5 Å². The molecule has 1 aromatic heterocycles. The zero-order valence-corrected chi connectivity index (χ0v) is 15.0. The highest BCUT2D eigenvalue weighted by molar-refractivity contribution is 7.91. The minimum atomic E-state index is -3.40. The Morgan fingerprint density at radius 3 is 2.71 bits per heavy atom. The summed E-state index contributed by atoms with van der Waals surface area (Å²) in [6, 6.07) is 5.84. The van der Waals surface area contributed by atoms with E-state index >= 15 is 0 Å². The van der Waals surface area contributed by atoms with E-state index in [9.17, 15) is 18.3 Å². The average molecular weight is 365 g/mol. The van der Waals surface area contributed by atoms with Crippen LogP contribution in [0.5, 0.6) is 5.75 Å². The summed E-state index contributed by atoms with van der Waals surface area (Å²) in [7, 11) is -3.40. The molecule has 3 rings (SSSR count). The van der Waals surface area contributed by atoms with E-state index in [1.54, 1.807) is 6.92 Å². The number of thiophene rings is 1. The predicted molar refractivity (Wildman–Crippen MR) is 94.7 cm³/mol. The van der Waals surface area contributed by atoms with Crippen LogP contribution in [0.2, 0.25) is 0 Å². The molecular formula is C17H19NO4S2. The first-order chi connectivity index (χ1) is 11.4. The van der Waals surface area contributed by atoms with Crippen molar-refractivity contribution in [3.8, 4) is 5.75 Å². The van der Waals surface area contributed by atoms with Crippen molar-refractivity contribution in [2.45, 2.75) is 37.5 Å². The molecule has 2 aromatic rings. The van der Waals surface area contributed by atoms with Crippen LogP contribution in [-0.4, -0.2) is 25.2 Å². The van der Waals surface area contributed by atoms with Crippen LogP contribution in [0.3, 0.4) is 0 Å². The van der Waals surface area contributed by atoms with Crippen molar-refractivity contribution in [3.63, 3.8) is 0 Å². The molecule has 24 heavy (non-hydrogen) atoms. The number of phenolic OH excluding ortho intramolecular Hbond substituents is 1. The second-order valence-corrected chi connectivity index (χ2v) is 9.22. The summed E-state index contributed by atoms with van der Waals surface area (Å²) in [5.41, 5.74) is 1.34. The Hall–Kier alpha value is -1.86. The average Bonchev–Trinajstić information content (AvgIpc) is 3.01. The van der Waals surface area contributed by atoms with Crippen LogP contribution in [0.15, 0.2) is 29.2 Å². The monoisotopic (exact) mass is 365 g/mol. The third-order valence-electron chi connectivity index (χ3n) is 4.18. The molecule has 7 heteroatoms. The number of fused-ring (bicyclic) bond motifs is 1. The lowest BCUT2D eigenvalue weighted by Gasteiger charge is -2.09. The first-order valence-corrected chi connectivity index (χ1v) is 10.4. The zero-order chi connectivity index (χ0) is 17.3. The van der Waals surface area contributed by atoms with Gasteiger partial charge in [-0.1, -0.05) is 6.92 Å². The molecule has 1 aliphatic rings. The number of hydrogen-bond donors (Lipinski definition) is 2. The van der Waals surface area contributed by atoms with E-state index in [1.807, 2.05) is 6.07 Å². The lowest BCUT2D eigenvalue weighted by Crippen LogP contribution is -2.11. The molecule has 0 unspecified atom stereocenters. The van der Waals surface area contributed by atoms with E-state index in [2.05, 4.69) is 5.32 Å². The fourth-order valence-electron chi connectivity index (χ4n) is 2.76. The van der Waals surface area contributed by atoms with E-state index in [1.165, 1.54) is 40.0 Å².